The maximum atomic E-state index is 5.19. The van der Waals surface area contributed by atoms with Gasteiger partial charge in [-0.3, -0.25) is 0 Å². The van der Waals surface area contributed by atoms with E-state index in [1.54, 1.807) is 0 Å². The Kier molecular flexibility index (Phi) is 4.28. The number of hydrogen-bond donors (Lipinski definition) is 0. The van der Waals surface area contributed by atoms with Crippen molar-refractivity contribution >= 4 is 15.8 Å². The van der Waals surface area contributed by atoms with Crippen LogP contribution in [0.5, 0.6) is 0 Å². The molecule has 36 valence electrons. The van der Waals surface area contributed by atoms with E-state index in [0.29, 0.717) is 5.90 Å². The first-order chi connectivity index (χ1) is 3.13. The summed E-state index contributed by atoms with van der Waals surface area (Å²) in [5.74, 6) is 0.602. The van der Waals surface area contributed by atoms with Gasteiger partial charge < -0.3 is 0 Å². The van der Waals surface area contributed by atoms with Gasteiger partial charge in [-0.2, -0.15) is 0 Å². The lowest BCUT2D eigenvalue weighted by Gasteiger charge is -2.05. The first-order valence-electron chi connectivity index (χ1n) is 1.67. The van der Waals surface area contributed by atoms with E-state index < -0.39 is 15.8 Å². The predicted molar refractivity (Wildman–Crippen MR) is 35.9 cm³/mol. The van der Waals surface area contributed by atoms with Crippen LogP contribution in [0.1, 0.15) is 0 Å². The van der Waals surface area contributed by atoms with Crippen LogP contribution in [-0.2, 0) is 0 Å². The van der Waals surface area contributed by atoms with Gasteiger partial charge in [-0.1, -0.05) is 15.8 Å². The van der Waals surface area contributed by atoms with Gasteiger partial charge in [0.25, 0.3) is 0 Å². The molecule has 0 atom stereocenters. The lowest BCUT2D eigenvalue weighted by Crippen LogP contribution is -1.66. The highest BCUT2D eigenvalue weighted by atomic mass is 31.2. The lowest BCUT2D eigenvalue weighted by molar-refractivity contribution is 2.10. The summed E-state index contributed by atoms with van der Waals surface area (Å²) >= 11 is 0. The van der Waals surface area contributed by atoms with Crippen molar-refractivity contribution in [3.05, 3.63) is 26.7 Å². The van der Waals surface area contributed by atoms with E-state index in [2.05, 4.69) is 0 Å². The maximum Gasteiger partial charge on any atom is -0.00547 e. The normalized spacial score (nSPS) is 11.1. The van der Waals surface area contributed by atoms with Crippen LogP contribution >= 0.6 is 15.8 Å². The van der Waals surface area contributed by atoms with Crippen molar-refractivity contribution in [3.8, 4) is 0 Å². The van der Waals surface area contributed by atoms with Gasteiger partial charge in [0.05, 0.1) is 0 Å². The highest BCUT2D eigenvalue weighted by Crippen LogP contribution is 2.46. The summed E-state index contributed by atoms with van der Waals surface area (Å²) in [5.41, 5.74) is 0. The van der Waals surface area contributed by atoms with E-state index in [-0.39, 0.29) is 0 Å². The van der Waals surface area contributed by atoms with Gasteiger partial charge in [0.2, 0.25) is 0 Å². The Bertz CT molecular complexity index is 35.3. The summed E-state index contributed by atoms with van der Waals surface area (Å²) in [6.07, 6.45) is 0. The summed E-state index contributed by atoms with van der Waals surface area (Å²) < 4.78 is 0. The Balaban J connectivity index is 2.95. The summed E-state index contributed by atoms with van der Waals surface area (Å²) in [6, 6.07) is 0. The van der Waals surface area contributed by atoms with Crippen LogP contribution in [-0.4, -0.2) is 5.90 Å². The van der Waals surface area contributed by atoms with E-state index in [9.17, 15) is 0 Å². The van der Waals surface area contributed by atoms with Crippen molar-refractivity contribution in [1.29, 1.82) is 0 Å². The van der Waals surface area contributed by atoms with Gasteiger partial charge in [-0.15, -0.1) is 0 Å². The zero-order valence-corrected chi connectivity index (χ0v) is 5.70. The molecular formula is C5H6P2. The third-order valence-corrected chi connectivity index (χ3v) is 2.94. The van der Waals surface area contributed by atoms with Gasteiger partial charge in [0.15, 0.2) is 0 Å². The van der Waals surface area contributed by atoms with Gasteiger partial charge in [0.1, 0.15) is 0 Å². The van der Waals surface area contributed by atoms with Crippen LogP contribution in [0.3, 0.4) is 0 Å². The molecule has 0 saturated heterocycles. The molecule has 7 heavy (non-hydrogen) atoms. The quantitative estimate of drug-likeness (QED) is 0.501. The zero-order valence-electron chi connectivity index (χ0n) is 3.91. The molecule has 0 aromatic heterocycles. The second-order valence-corrected chi connectivity index (χ2v) is 4.36. The van der Waals surface area contributed by atoms with Crippen molar-refractivity contribution in [2.75, 3.05) is 5.90 Å². The minimum Gasteiger partial charge on any atom is -0.0933 e. The standard InChI is InChI=1S/C5H6P2/c1-6(2)5-7(3)4/h1-4H,5H2. The van der Waals surface area contributed by atoms with Crippen molar-refractivity contribution in [2.45, 2.75) is 0 Å². The van der Waals surface area contributed by atoms with Crippen LogP contribution < -0.4 is 0 Å². The largest absolute Gasteiger partial charge is 0.0933 e. The molecule has 0 aromatic rings. The van der Waals surface area contributed by atoms with E-state index in [1.165, 1.54) is 0 Å². The fourth-order valence-electron chi connectivity index (χ4n) is 0.189. The van der Waals surface area contributed by atoms with Crippen molar-refractivity contribution in [2.24, 2.45) is 0 Å². The molecule has 0 bridgehead atoms. The summed E-state index contributed by atoms with van der Waals surface area (Å²) in [5, 5.41) is 0. The van der Waals surface area contributed by atoms with E-state index >= 15 is 0 Å². The Morgan fingerprint density at radius 2 is 1.14 bits per heavy atom. The molecule has 0 rings (SSSR count). The number of hydrogen-bond acceptors (Lipinski definition) is 0. The van der Waals surface area contributed by atoms with E-state index in [0.717, 1.165) is 0 Å². The second kappa shape index (κ2) is 3.81. The molecule has 0 aliphatic carbocycles. The van der Waals surface area contributed by atoms with Crippen LogP contribution in [0, 0.1) is 26.7 Å². The molecule has 0 saturated carbocycles. The van der Waals surface area contributed by atoms with Crippen LogP contribution in [0.4, 0.5) is 0 Å². The molecule has 0 unspecified atom stereocenters. The van der Waals surface area contributed by atoms with E-state index in [4.69, 9.17) is 26.7 Å². The first kappa shape index (κ1) is 7.86. The SMILES string of the molecule is [CH]P([CH])CP([CH])[CH]. The lowest BCUT2D eigenvalue weighted by atomic mass is 11.8. The highest BCUT2D eigenvalue weighted by molar-refractivity contribution is 7.76. The summed E-state index contributed by atoms with van der Waals surface area (Å²) in [7, 11) is -1.72. The molecule has 0 amide bonds. The molecule has 0 nitrogen and oxygen atoms in total. The molecular weight excluding hydrogens is 122 g/mol. The summed E-state index contributed by atoms with van der Waals surface area (Å²) in [6.45, 7) is 20.8. The third kappa shape index (κ3) is 6.86. The van der Waals surface area contributed by atoms with Gasteiger partial charge in [-0.05, 0) is 32.6 Å². The second-order valence-electron chi connectivity index (χ2n) is 1.17. The molecule has 0 aromatic carbocycles. The molecule has 0 aliphatic heterocycles. The molecule has 8 radical (unpaired) electrons. The van der Waals surface area contributed by atoms with E-state index in [1.807, 2.05) is 0 Å². The first-order valence-corrected chi connectivity index (χ1v) is 5.00. The maximum absolute atomic E-state index is 5.19. The van der Waals surface area contributed by atoms with Gasteiger partial charge >= 0.3 is 0 Å². The predicted octanol–water partition coefficient (Wildman–Crippen LogP) is 2.58. The fraction of sp³-hybridized carbons (Fsp3) is 0.200. The molecule has 0 spiro atoms. The van der Waals surface area contributed by atoms with Crippen molar-refractivity contribution < 1.29 is 0 Å². The Labute approximate surface area is 49.2 Å². The van der Waals surface area contributed by atoms with Crippen LogP contribution in [0.15, 0.2) is 0 Å². The fourth-order valence-corrected chi connectivity index (χ4v) is 1.70. The topological polar surface area (TPSA) is 0 Å². The van der Waals surface area contributed by atoms with Gasteiger partial charge in [-0.25, -0.2) is 0 Å². The minimum absolute atomic E-state index is 0.602. The molecule has 2 heteroatoms. The van der Waals surface area contributed by atoms with Gasteiger partial charge in [0, 0.05) is 0 Å². The number of rotatable bonds is 2. The Morgan fingerprint density at radius 1 is 0.857 bits per heavy atom. The molecule has 0 N–H and O–H groups in total. The van der Waals surface area contributed by atoms with Crippen LogP contribution in [0.25, 0.3) is 0 Å². The minimum atomic E-state index is -0.861. The average Bonchev–Trinajstić information content (AvgIpc) is 1.27. The zero-order chi connectivity index (χ0) is 5.86. The highest BCUT2D eigenvalue weighted by Gasteiger charge is 1.95. The van der Waals surface area contributed by atoms with Crippen molar-refractivity contribution in [3.63, 3.8) is 0 Å². The average molecular weight is 128 g/mol. The Hall–Kier alpha value is 0.860. The Morgan fingerprint density at radius 3 is 1.14 bits per heavy atom. The molecule has 0 heterocycles. The monoisotopic (exact) mass is 128 g/mol. The smallest absolute Gasteiger partial charge is 0.00547 e. The van der Waals surface area contributed by atoms with Crippen LogP contribution in [0.2, 0.25) is 0 Å². The molecule has 0 fully saturated rings. The molecule has 0 aliphatic rings. The summed E-state index contributed by atoms with van der Waals surface area (Å²) in [4.78, 5) is 0. The van der Waals surface area contributed by atoms with Crippen molar-refractivity contribution in [1.82, 2.24) is 0 Å². The third-order valence-electron chi connectivity index (χ3n) is 0.327.